The summed E-state index contributed by atoms with van der Waals surface area (Å²) < 4.78 is 7.24. The Morgan fingerprint density at radius 3 is 3.08 bits per heavy atom. The summed E-state index contributed by atoms with van der Waals surface area (Å²) in [4.78, 5) is 17.2. The number of aromatic nitrogens is 2. The van der Waals surface area contributed by atoms with E-state index in [1.165, 1.54) is 21.7 Å². The van der Waals surface area contributed by atoms with Gasteiger partial charge in [-0.3, -0.25) is 14.4 Å². The number of rotatable bonds is 6. The summed E-state index contributed by atoms with van der Waals surface area (Å²) in [7, 11) is 0. The van der Waals surface area contributed by atoms with E-state index in [1.807, 2.05) is 17.5 Å². The molecule has 0 aromatic carbocycles. The first-order chi connectivity index (χ1) is 12.7. The Morgan fingerprint density at radius 2 is 2.31 bits per heavy atom. The molecule has 136 valence electrons. The van der Waals surface area contributed by atoms with E-state index in [2.05, 4.69) is 45.1 Å². The summed E-state index contributed by atoms with van der Waals surface area (Å²) in [6, 6.07) is 10.1. The average molecular weight is 370 g/mol. The Balaban J connectivity index is 1.37. The van der Waals surface area contributed by atoms with Crippen LogP contribution in [0.4, 0.5) is 0 Å². The summed E-state index contributed by atoms with van der Waals surface area (Å²) in [6.45, 7) is 5.53. The molecular weight excluding hydrogens is 348 g/mol. The first-order valence-electron chi connectivity index (χ1n) is 8.81. The molecule has 26 heavy (non-hydrogen) atoms. The van der Waals surface area contributed by atoms with Crippen molar-refractivity contribution in [3.63, 3.8) is 0 Å². The number of aryl methyl sites for hydroxylation is 1. The molecule has 0 aliphatic carbocycles. The van der Waals surface area contributed by atoms with Gasteiger partial charge in [-0.1, -0.05) is 0 Å². The van der Waals surface area contributed by atoms with Crippen molar-refractivity contribution in [3.05, 3.63) is 64.0 Å². The van der Waals surface area contributed by atoms with Gasteiger partial charge in [0.2, 0.25) is 0 Å². The van der Waals surface area contributed by atoms with Crippen LogP contribution in [0.3, 0.4) is 0 Å². The van der Waals surface area contributed by atoms with Gasteiger partial charge in [-0.15, -0.1) is 11.3 Å². The molecule has 1 aliphatic heterocycles. The van der Waals surface area contributed by atoms with E-state index in [9.17, 15) is 4.79 Å². The topological polar surface area (TPSA) is 63.3 Å². The highest BCUT2D eigenvalue weighted by atomic mass is 32.1. The van der Waals surface area contributed by atoms with Crippen LogP contribution in [-0.4, -0.2) is 33.7 Å². The van der Waals surface area contributed by atoms with Crippen molar-refractivity contribution in [1.82, 2.24) is 20.0 Å². The number of nitrogens with zero attached hydrogens (tertiary/aromatic N) is 3. The Kier molecular flexibility index (Phi) is 4.90. The first-order valence-corrected chi connectivity index (χ1v) is 9.62. The zero-order valence-electron chi connectivity index (χ0n) is 14.7. The Morgan fingerprint density at radius 1 is 1.38 bits per heavy atom. The number of hydrogen-bond donors (Lipinski definition) is 1. The molecule has 0 radical (unpaired) electrons. The molecule has 1 aliphatic rings. The van der Waals surface area contributed by atoms with Gasteiger partial charge in [-0.2, -0.15) is 5.10 Å². The zero-order valence-corrected chi connectivity index (χ0v) is 15.5. The lowest BCUT2D eigenvalue weighted by molar-refractivity contribution is 0.0919. The fourth-order valence-corrected chi connectivity index (χ4v) is 4.37. The molecule has 0 unspecified atom stereocenters. The number of fused-ring (bicyclic) bond motifs is 1. The highest BCUT2D eigenvalue weighted by Crippen LogP contribution is 2.26. The molecule has 3 aromatic heterocycles. The average Bonchev–Trinajstić information content (AvgIpc) is 3.36. The molecule has 0 fully saturated rings. The summed E-state index contributed by atoms with van der Waals surface area (Å²) in [6.07, 6.45) is 4.21. The van der Waals surface area contributed by atoms with Crippen LogP contribution in [0.1, 0.15) is 38.5 Å². The number of hydrogen-bond acceptors (Lipinski definition) is 5. The lowest BCUT2D eigenvalue weighted by Crippen LogP contribution is -2.38. The van der Waals surface area contributed by atoms with Crippen molar-refractivity contribution >= 4 is 17.2 Å². The molecule has 0 saturated heterocycles. The molecule has 7 heteroatoms. The van der Waals surface area contributed by atoms with Gasteiger partial charge in [-0.25, -0.2) is 0 Å². The Bertz CT molecular complexity index is 868. The molecule has 1 amide bonds. The summed E-state index contributed by atoms with van der Waals surface area (Å²) in [5, 5.41) is 7.43. The van der Waals surface area contributed by atoms with Crippen molar-refractivity contribution in [3.8, 4) is 0 Å². The maximum atomic E-state index is 12.0. The number of furan rings is 1. The van der Waals surface area contributed by atoms with Crippen LogP contribution < -0.4 is 5.32 Å². The van der Waals surface area contributed by atoms with E-state index < -0.39 is 0 Å². The lowest BCUT2D eigenvalue weighted by Gasteiger charge is -2.33. The van der Waals surface area contributed by atoms with Gasteiger partial charge >= 0.3 is 0 Å². The third-order valence-corrected chi connectivity index (χ3v) is 5.62. The lowest BCUT2D eigenvalue weighted by atomic mass is 10.1. The summed E-state index contributed by atoms with van der Waals surface area (Å²) in [5.74, 6) is 0.181. The fourth-order valence-electron chi connectivity index (χ4n) is 3.44. The molecule has 4 heterocycles. The van der Waals surface area contributed by atoms with Crippen molar-refractivity contribution in [2.24, 2.45) is 0 Å². The number of nitrogens with one attached hydrogen (secondary N) is 1. The standard InChI is InChI=1S/C19H22N4O2S/c1-14-4-5-17(26-14)13-22-11-15(23-16(12-22)7-9-21-23)6-8-20-19(24)18-3-2-10-25-18/h2-5,7,9-10,15H,6,8,11-13H2,1H3,(H,20,24)/t15-/m1/s1. The third kappa shape index (κ3) is 3.73. The predicted molar refractivity (Wildman–Crippen MR) is 100 cm³/mol. The quantitative estimate of drug-likeness (QED) is 0.724. The minimum Gasteiger partial charge on any atom is -0.459 e. The normalized spacial score (nSPS) is 17.2. The number of thiophene rings is 1. The summed E-state index contributed by atoms with van der Waals surface area (Å²) in [5.41, 5.74) is 1.23. The number of amides is 1. The van der Waals surface area contributed by atoms with Crippen LogP contribution in [0.25, 0.3) is 0 Å². The van der Waals surface area contributed by atoms with Gasteiger partial charge in [0, 0.05) is 42.1 Å². The van der Waals surface area contributed by atoms with Crippen molar-refractivity contribution in [1.29, 1.82) is 0 Å². The molecule has 0 saturated carbocycles. The number of carbonyl (C=O) groups is 1. The van der Waals surface area contributed by atoms with Gasteiger partial charge < -0.3 is 9.73 Å². The first kappa shape index (κ1) is 17.1. The molecule has 4 rings (SSSR count). The minimum atomic E-state index is -0.169. The van der Waals surface area contributed by atoms with Crippen molar-refractivity contribution in [2.45, 2.75) is 32.5 Å². The SMILES string of the molecule is Cc1ccc(CN2Cc3ccnn3[C@H](CCNC(=O)c3ccco3)C2)s1. The highest BCUT2D eigenvalue weighted by molar-refractivity contribution is 7.11. The predicted octanol–water partition coefficient (Wildman–Crippen LogP) is 3.22. The van der Waals surface area contributed by atoms with Crippen LogP contribution >= 0.6 is 11.3 Å². The third-order valence-electron chi connectivity index (χ3n) is 4.64. The van der Waals surface area contributed by atoms with E-state index in [0.29, 0.717) is 12.3 Å². The maximum absolute atomic E-state index is 12.0. The second-order valence-corrected chi connectivity index (χ2v) is 8.00. The van der Waals surface area contributed by atoms with Gasteiger partial charge in [0.1, 0.15) is 0 Å². The van der Waals surface area contributed by atoms with Crippen LogP contribution in [0, 0.1) is 6.92 Å². The molecule has 1 N–H and O–H groups in total. The fraction of sp³-hybridized carbons (Fsp3) is 0.368. The van der Waals surface area contributed by atoms with Crippen LogP contribution in [0.5, 0.6) is 0 Å². The molecule has 3 aromatic rings. The molecule has 0 bridgehead atoms. The molecule has 0 spiro atoms. The van der Waals surface area contributed by atoms with E-state index in [1.54, 1.807) is 12.1 Å². The van der Waals surface area contributed by atoms with E-state index in [0.717, 1.165) is 26.1 Å². The molecule has 1 atom stereocenters. The minimum absolute atomic E-state index is 0.169. The largest absolute Gasteiger partial charge is 0.459 e. The van der Waals surface area contributed by atoms with Gasteiger partial charge in [0.15, 0.2) is 5.76 Å². The van der Waals surface area contributed by atoms with Crippen molar-refractivity contribution in [2.75, 3.05) is 13.1 Å². The highest BCUT2D eigenvalue weighted by Gasteiger charge is 2.25. The van der Waals surface area contributed by atoms with E-state index in [-0.39, 0.29) is 11.9 Å². The number of carbonyl (C=O) groups excluding carboxylic acids is 1. The van der Waals surface area contributed by atoms with Gasteiger partial charge in [-0.05, 0) is 43.7 Å². The Hall–Kier alpha value is -2.38. The Labute approximate surface area is 156 Å². The van der Waals surface area contributed by atoms with E-state index in [4.69, 9.17) is 4.42 Å². The van der Waals surface area contributed by atoms with E-state index >= 15 is 0 Å². The van der Waals surface area contributed by atoms with Gasteiger partial charge in [0.25, 0.3) is 5.91 Å². The summed E-state index contributed by atoms with van der Waals surface area (Å²) >= 11 is 1.85. The zero-order chi connectivity index (χ0) is 17.9. The van der Waals surface area contributed by atoms with Crippen LogP contribution in [-0.2, 0) is 13.1 Å². The van der Waals surface area contributed by atoms with Crippen LogP contribution in [0.15, 0.2) is 47.2 Å². The molecule has 6 nitrogen and oxygen atoms in total. The second kappa shape index (κ2) is 7.47. The monoisotopic (exact) mass is 370 g/mol. The smallest absolute Gasteiger partial charge is 0.286 e. The maximum Gasteiger partial charge on any atom is 0.286 e. The second-order valence-electron chi connectivity index (χ2n) is 6.62. The van der Waals surface area contributed by atoms with Gasteiger partial charge in [0.05, 0.1) is 18.0 Å². The van der Waals surface area contributed by atoms with Crippen LogP contribution in [0.2, 0.25) is 0 Å². The van der Waals surface area contributed by atoms with Crippen molar-refractivity contribution < 1.29 is 9.21 Å². The molecular formula is C19H22N4O2S.